The zero-order valence-electron chi connectivity index (χ0n) is 10.4. The lowest BCUT2D eigenvalue weighted by atomic mass is 9.94. The molecule has 1 saturated heterocycles. The lowest BCUT2D eigenvalue weighted by Gasteiger charge is -2.37. The fourth-order valence-corrected chi connectivity index (χ4v) is 4.24. The Morgan fingerprint density at radius 3 is 3.00 bits per heavy atom. The van der Waals surface area contributed by atoms with Crippen LogP contribution in [0.15, 0.2) is 15.9 Å². The number of piperidine rings is 1. The van der Waals surface area contributed by atoms with E-state index in [1.54, 1.807) is 0 Å². The molecule has 0 bridgehead atoms. The first-order valence-corrected chi connectivity index (χ1v) is 8.05. The van der Waals surface area contributed by atoms with Crippen LogP contribution in [-0.4, -0.2) is 24.5 Å². The van der Waals surface area contributed by atoms with E-state index in [0.717, 1.165) is 12.5 Å². The number of rotatable bonds is 4. The Bertz CT molecular complexity index is 353. The van der Waals surface area contributed by atoms with Crippen LogP contribution in [0.1, 0.15) is 37.1 Å². The van der Waals surface area contributed by atoms with Crippen molar-refractivity contribution in [2.75, 3.05) is 19.6 Å². The van der Waals surface area contributed by atoms with Gasteiger partial charge in [-0.1, -0.05) is 13.3 Å². The number of thiophene rings is 1. The van der Waals surface area contributed by atoms with Gasteiger partial charge in [0, 0.05) is 18.0 Å². The Morgan fingerprint density at radius 2 is 2.41 bits per heavy atom. The predicted octanol–water partition coefficient (Wildman–Crippen LogP) is 3.63. The SMILES string of the molecule is CCC1CCCN(C(CN)c2ccc(Br)s2)C1. The van der Waals surface area contributed by atoms with Crippen LogP contribution in [0.3, 0.4) is 0 Å². The molecule has 2 unspecified atom stereocenters. The van der Waals surface area contributed by atoms with Crippen LogP contribution >= 0.6 is 27.3 Å². The smallest absolute Gasteiger partial charge is 0.0702 e. The van der Waals surface area contributed by atoms with E-state index in [1.165, 1.54) is 41.0 Å². The first-order chi connectivity index (χ1) is 8.24. The molecule has 0 saturated carbocycles. The van der Waals surface area contributed by atoms with Gasteiger partial charge in [-0.05, 0) is 53.4 Å². The maximum atomic E-state index is 5.98. The molecule has 0 amide bonds. The summed E-state index contributed by atoms with van der Waals surface area (Å²) in [5, 5.41) is 0. The van der Waals surface area contributed by atoms with Gasteiger partial charge in [0.2, 0.25) is 0 Å². The third-order valence-electron chi connectivity index (χ3n) is 3.71. The largest absolute Gasteiger partial charge is 0.329 e. The molecule has 1 aliphatic rings. The van der Waals surface area contributed by atoms with Gasteiger partial charge in [-0.25, -0.2) is 0 Å². The molecule has 0 radical (unpaired) electrons. The van der Waals surface area contributed by atoms with Crippen LogP contribution in [0.2, 0.25) is 0 Å². The molecule has 96 valence electrons. The van der Waals surface area contributed by atoms with E-state index in [-0.39, 0.29) is 0 Å². The monoisotopic (exact) mass is 316 g/mol. The van der Waals surface area contributed by atoms with E-state index in [4.69, 9.17) is 5.73 Å². The third-order valence-corrected chi connectivity index (χ3v) is 5.44. The minimum Gasteiger partial charge on any atom is -0.329 e. The molecule has 2 rings (SSSR count). The van der Waals surface area contributed by atoms with Crippen LogP contribution in [0, 0.1) is 5.92 Å². The highest BCUT2D eigenvalue weighted by atomic mass is 79.9. The lowest BCUT2D eigenvalue weighted by molar-refractivity contribution is 0.126. The summed E-state index contributed by atoms with van der Waals surface area (Å²) in [5.41, 5.74) is 5.98. The Hall–Kier alpha value is 0.1000. The molecular weight excluding hydrogens is 296 g/mol. The molecule has 17 heavy (non-hydrogen) atoms. The van der Waals surface area contributed by atoms with Gasteiger partial charge in [0.15, 0.2) is 0 Å². The minimum absolute atomic E-state index is 0.417. The molecule has 2 N–H and O–H groups in total. The number of nitrogens with zero attached hydrogens (tertiary/aromatic N) is 1. The summed E-state index contributed by atoms with van der Waals surface area (Å²) < 4.78 is 1.20. The molecule has 1 aromatic heterocycles. The normalized spacial score (nSPS) is 23.8. The van der Waals surface area contributed by atoms with Gasteiger partial charge in [-0.15, -0.1) is 11.3 Å². The van der Waals surface area contributed by atoms with E-state index in [0.29, 0.717) is 6.04 Å². The van der Waals surface area contributed by atoms with Crippen molar-refractivity contribution in [1.29, 1.82) is 0 Å². The highest BCUT2D eigenvalue weighted by molar-refractivity contribution is 9.11. The molecule has 1 aliphatic heterocycles. The van der Waals surface area contributed by atoms with E-state index in [9.17, 15) is 0 Å². The Balaban J connectivity index is 2.07. The highest BCUT2D eigenvalue weighted by Gasteiger charge is 2.26. The Morgan fingerprint density at radius 1 is 1.59 bits per heavy atom. The number of nitrogens with two attached hydrogens (primary N) is 1. The van der Waals surface area contributed by atoms with Crippen molar-refractivity contribution in [3.05, 3.63) is 20.8 Å². The predicted molar refractivity (Wildman–Crippen MR) is 78.4 cm³/mol. The summed E-state index contributed by atoms with van der Waals surface area (Å²) in [6, 6.07) is 4.76. The Labute approximate surface area is 116 Å². The molecule has 2 heterocycles. The average molecular weight is 317 g/mol. The Kier molecular flexibility index (Phi) is 5.03. The first-order valence-electron chi connectivity index (χ1n) is 6.44. The summed E-state index contributed by atoms with van der Waals surface area (Å²) in [4.78, 5) is 3.98. The van der Waals surface area contributed by atoms with Crippen LogP contribution in [0.25, 0.3) is 0 Å². The molecule has 0 spiro atoms. The van der Waals surface area contributed by atoms with Gasteiger partial charge in [0.25, 0.3) is 0 Å². The van der Waals surface area contributed by atoms with E-state index < -0.39 is 0 Å². The number of hydrogen-bond acceptors (Lipinski definition) is 3. The summed E-state index contributed by atoms with van der Waals surface area (Å²) >= 11 is 5.36. The topological polar surface area (TPSA) is 29.3 Å². The first kappa shape index (κ1) is 13.5. The summed E-state index contributed by atoms with van der Waals surface area (Å²) in [5.74, 6) is 0.862. The fourth-order valence-electron chi connectivity index (χ4n) is 2.67. The van der Waals surface area contributed by atoms with Crippen molar-refractivity contribution >= 4 is 27.3 Å². The van der Waals surface area contributed by atoms with E-state index in [1.807, 2.05) is 11.3 Å². The van der Waals surface area contributed by atoms with Crippen molar-refractivity contribution in [2.24, 2.45) is 11.7 Å². The van der Waals surface area contributed by atoms with E-state index in [2.05, 4.69) is 39.9 Å². The lowest BCUT2D eigenvalue weighted by Crippen LogP contribution is -2.40. The molecule has 1 aromatic rings. The molecule has 2 nitrogen and oxygen atoms in total. The third kappa shape index (κ3) is 3.31. The molecule has 1 fully saturated rings. The van der Waals surface area contributed by atoms with Crippen molar-refractivity contribution in [2.45, 2.75) is 32.2 Å². The fraction of sp³-hybridized carbons (Fsp3) is 0.692. The number of halogens is 1. The van der Waals surface area contributed by atoms with Crippen LogP contribution in [0.5, 0.6) is 0 Å². The van der Waals surface area contributed by atoms with Crippen LogP contribution < -0.4 is 5.73 Å². The second-order valence-electron chi connectivity index (χ2n) is 4.80. The highest BCUT2D eigenvalue weighted by Crippen LogP contribution is 2.33. The maximum Gasteiger partial charge on any atom is 0.0702 e. The summed E-state index contributed by atoms with van der Waals surface area (Å²) in [7, 11) is 0. The van der Waals surface area contributed by atoms with Crippen molar-refractivity contribution in [3.63, 3.8) is 0 Å². The summed E-state index contributed by atoms with van der Waals surface area (Å²) in [6.45, 7) is 5.44. The van der Waals surface area contributed by atoms with Gasteiger partial charge in [-0.3, -0.25) is 4.90 Å². The van der Waals surface area contributed by atoms with Crippen molar-refractivity contribution in [3.8, 4) is 0 Å². The second kappa shape index (κ2) is 6.32. The average Bonchev–Trinajstić information content (AvgIpc) is 2.77. The zero-order valence-corrected chi connectivity index (χ0v) is 12.8. The molecule has 2 atom stereocenters. The molecule has 0 aromatic carbocycles. The number of likely N-dealkylation sites (tertiary alicyclic amines) is 1. The standard InChI is InChI=1S/C13H21BrN2S/c1-2-10-4-3-7-16(9-10)11(8-15)12-5-6-13(14)17-12/h5-6,10-11H,2-4,7-9,15H2,1H3. The zero-order chi connectivity index (χ0) is 12.3. The van der Waals surface area contributed by atoms with E-state index >= 15 is 0 Å². The van der Waals surface area contributed by atoms with Crippen LogP contribution in [-0.2, 0) is 0 Å². The maximum absolute atomic E-state index is 5.98. The van der Waals surface area contributed by atoms with Gasteiger partial charge in [0.1, 0.15) is 0 Å². The number of hydrogen-bond donors (Lipinski definition) is 1. The minimum atomic E-state index is 0.417. The quantitative estimate of drug-likeness (QED) is 0.919. The van der Waals surface area contributed by atoms with Gasteiger partial charge in [-0.2, -0.15) is 0 Å². The molecular formula is C13H21BrN2S. The second-order valence-corrected chi connectivity index (χ2v) is 7.30. The van der Waals surface area contributed by atoms with Gasteiger partial charge < -0.3 is 5.73 Å². The summed E-state index contributed by atoms with van der Waals surface area (Å²) in [6.07, 6.45) is 4.00. The molecule has 0 aliphatic carbocycles. The van der Waals surface area contributed by atoms with Gasteiger partial charge >= 0.3 is 0 Å². The van der Waals surface area contributed by atoms with Crippen molar-refractivity contribution < 1.29 is 0 Å². The van der Waals surface area contributed by atoms with Crippen LogP contribution in [0.4, 0.5) is 0 Å². The van der Waals surface area contributed by atoms with Crippen molar-refractivity contribution in [1.82, 2.24) is 4.90 Å². The van der Waals surface area contributed by atoms with Gasteiger partial charge in [0.05, 0.1) is 9.83 Å². The molecule has 4 heteroatoms.